The molecule has 0 saturated carbocycles. The van der Waals surface area contributed by atoms with Gasteiger partial charge in [-0.05, 0) is 30.7 Å². The van der Waals surface area contributed by atoms with Gasteiger partial charge in [-0.1, -0.05) is 23.7 Å². The number of hydrogen-bond donors (Lipinski definition) is 0. The zero-order valence-electron chi connectivity index (χ0n) is 15.1. The Balaban J connectivity index is 2.08. The minimum atomic E-state index is -0.287. The van der Waals surface area contributed by atoms with Crippen molar-refractivity contribution in [1.29, 1.82) is 0 Å². The fraction of sp³-hybridized carbons (Fsp3) is 0.211. The van der Waals surface area contributed by atoms with Gasteiger partial charge in [-0.25, -0.2) is 9.78 Å². The molecule has 0 aliphatic heterocycles. The molecule has 2 aromatic heterocycles. The first-order valence-electron chi connectivity index (χ1n) is 8.28. The number of fused-ring (bicyclic) bond motifs is 3. The topological polar surface area (TPSA) is 70.7 Å². The molecule has 4 aromatic rings. The van der Waals surface area contributed by atoms with Crippen molar-refractivity contribution in [3.63, 3.8) is 0 Å². The van der Waals surface area contributed by atoms with Crippen molar-refractivity contribution in [3.05, 3.63) is 63.3 Å². The molecular weight excluding hydrogens is 368 g/mol. The molecule has 2 aromatic carbocycles. The van der Waals surface area contributed by atoms with Gasteiger partial charge in [0, 0.05) is 16.5 Å². The highest BCUT2D eigenvalue weighted by atomic mass is 35.5. The van der Waals surface area contributed by atoms with Crippen molar-refractivity contribution < 1.29 is 9.47 Å². The van der Waals surface area contributed by atoms with E-state index in [4.69, 9.17) is 21.1 Å². The maximum absolute atomic E-state index is 13.1. The third-order valence-corrected chi connectivity index (χ3v) is 4.62. The summed E-state index contributed by atoms with van der Waals surface area (Å²) in [6.07, 6.45) is 0. The zero-order chi connectivity index (χ0) is 19.1. The lowest BCUT2D eigenvalue weighted by Crippen LogP contribution is -2.28. The minimum Gasteiger partial charge on any atom is -0.493 e. The van der Waals surface area contributed by atoms with E-state index >= 15 is 0 Å². The van der Waals surface area contributed by atoms with Crippen LogP contribution in [0.4, 0.5) is 0 Å². The Morgan fingerprint density at radius 1 is 1.11 bits per heavy atom. The van der Waals surface area contributed by atoms with Crippen LogP contribution in [0.5, 0.6) is 11.5 Å². The van der Waals surface area contributed by atoms with Crippen molar-refractivity contribution in [2.45, 2.75) is 13.5 Å². The summed E-state index contributed by atoms with van der Waals surface area (Å²) in [5.74, 6) is 1.61. The third-order valence-electron chi connectivity index (χ3n) is 4.39. The van der Waals surface area contributed by atoms with Gasteiger partial charge in [-0.2, -0.15) is 4.52 Å². The summed E-state index contributed by atoms with van der Waals surface area (Å²) >= 11 is 6.10. The second kappa shape index (κ2) is 6.59. The molecular formula is C19H17ClN4O3. The summed E-state index contributed by atoms with van der Waals surface area (Å²) in [7, 11) is 3.13. The Hall–Kier alpha value is -3.06. The van der Waals surface area contributed by atoms with Gasteiger partial charge < -0.3 is 9.47 Å². The molecule has 0 spiro atoms. The van der Waals surface area contributed by atoms with Crippen molar-refractivity contribution in [2.75, 3.05) is 14.2 Å². The Labute approximate surface area is 159 Å². The van der Waals surface area contributed by atoms with Gasteiger partial charge >= 0.3 is 5.69 Å². The van der Waals surface area contributed by atoms with Crippen LogP contribution in [0.15, 0.2) is 41.2 Å². The van der Waals surface area contributed by atoms with Crippen LogP contribution in [0, 0.1) is 6.92 Å². The van der Waals surface area contributed by atoms with E-state index in [0.717, 1.165) is 10.9 Å². The number of methoxy groups -OCH3 is 2. The van der Waals surface area contributed by atoms with E-state index in [2.05, 4.69) is 10.1 Å². The molecule has 2 heterocycles. The lowest BCUT2D eigenvalue weighted by atomic mass is 10.2. The Kier molecular flexibility index (Phi) is 4.24. The summed E-state index contributed by atoms with van der Waals surface area (Å²) in [5, 5.41) is 5.61. The number of rotatable bonds is 4. The monoisotopic (exact) mass is 384 g/mol. The Bertz CT molecular complexity index is 1230. The van der Waals surface area contributed by atoms with Crippen molar-refractivity contribution in [2.24, 2.45) is 0 Å². The molecule has 0 unspecified atom stereocenters. The van der Waals surface area contributed by atoms with Crippen LogP contribution in [-0.4, -0.2) is 33.4 Å². The normalized spacial score (nSPS) is 11.3. The number of benzene rings is 2. The predicted molar refractivity (Wildman–Crippen MR) is 103 cm³/mol. The average molecular weight is 385 g/mol. The van der Waals surface area contributed by atoms with Crippen molar-refractivity contribution >= 4 is 28.2 Å². The third kappa shape index (κ3) is 2.90. The average Bonchev–Trinajstić information content (AvgIpc) is 3.06. The highest BCUT2D eigenvalue weighted by Gasteiger charge is 2.17. The number of aryl methyl sites for hydroxylation is 1. The number of nitrogens with zero attached hydrogens (tertiary/aromatic N) is 4. The van der Waals surface area contributed by atoms with E-state index in [9.17, 15) is 4.79 Å². The van der Waals surface area contributed by atoms with Crippen molar-refractivity contribution in [3.8, 4) is 11.5 Å². The molecule has 0 radical (unpaired) electrons. The Morgan fingerprint density at radius 2 is 1.85 bits per heavy atom. The molecule has 0 amide bonds. The highest BCUT2D eigenvalue weighted by Crippen LogP contribution is 2.33. The van der Waals surface area contributed by atoms with Gasteiger partial charge in [0.25, 0.3) is 0 Å². The van der Waals surface area contributed by atoms with E-state index < -0.39 is 0 Å². The molecule has 8 heteroatoms. The van der Waals surface area contributed by atoms with E-state index in [0.29, 0.717) is 40.1 Å². The fourth-order valence-electron chi connectivity index (χ4n) is 3.18. The van der Waals surface area contributed by atoms with Gasteiger partial charge in [0.15, 0.2) is 17.1 Å². The van der Waals surface area contributed by atoms with E-state index in [1.54, 1.807) is 37.8 Å². The van der Waals surface area contributed by atoms with Crippen LogP contribution < -0.4 is 15.2 Å². The zero-order valence-corrected chi connectivity index (χ0v) is 15.8. The van der Waals surface area contributed by atoms with Gasteiger partial charge in [0.1, 0.15) is 5.82 Å². The summed E-state index contributed by atoms with van der Waals surface area (Å²) in [6.45, 7) is 2.08. The second-order valence-corrected chi connectivity index (χ2v) is 6.55. The first-order chi connectivity index (χ1) is 13.0. The first kappa shape index (κ1) is 17.4. The highest BCUT2D eigenvalue weighted by molar-refractivity contribution is 6.30. The molecule has 138 valence electrons. The van der Waals surface area contributed by atoms with Crippen LogP contribution >= 0.6 is 11.6 Å². The molecule has 0 N–H and O–H groups in total. The second-order valence-electron chi connectivity index (χ2n) is 6.12. The molecule has 0 aliphatic rings. The Morgan fingerprint density at radius 3 is 2.56 bits per heavy atom. The molecule has 4 rings (SSSR count). The lowest BCUT2D eigenvalue weighted by molar-refractivity contribution is 0.355. The minimum absolute atomic E-state index is 0.287. The van der Waals surface area contributed by atoms with Gasteiger partial charge in [0.2, 0.25) is 0 Å². The standard InChI is InChI=1S/C19H17ClN4O3/c1-11-21-18-14-8-16(26-2)17(27-3)9-15(14)23(19(25)24(18)22-11)10-12-5-4-6-13(20)7-12/h4-9H,10H2,1-3H3. The molecule has 0 fully saturated rings. The number of ether oxygens (including phenoxy) is 2. The van der Waals surface area contributed by atoms with Crippen LogP contribution in [0.25, 0.3) is 16.6 Å². The summed E-state index contributed by atoms with van der Waals surface area (Å²) in [4.78, 5) is 17.5. The summed E-state index contributed by atoms with van der Waals surface area (Å²) in [6, 6.07) is 11.0. The van der Waals surface area contributed by atoms with E-state index in [1.807, 2.05) is 24.3 Å². The lowest BCUT2D eigenvalue weighted by Gasteiger charge is -2.14. The summed E-state index contributed by atoms with van der Waals surface area (Å²) in [5.41, 5.74) is 1.77. The number of halogens is 1. The van der Waals surface area contributed by atoms with E-state index in [1.165, 1.54) is 4.52 Å². The van der Waals surface area contributed by atoms with Gasteiger partial charge in [-0.15, -0.1) is 5.10 Å². The number of hydrogen-bond acceptors (Lipinski definition) is 5. The summed E-state index contributed by atoms with van der Waals surface area (Å²) < 4.78 is 13.8. The molecule has 0 atom stereocenters. The van der Waals surface area contributed by atoms with Crippen LogP contribution in [0.1, 0.15) is 11.4 Å². The first-order valence-corrected chi connectivity index (χ1v) is 8.66. The molecule has 0 bridgehead atoms. The molecule has 27 heavy (non-hydrogen) atoms. The van der Waals surface area contributed by atoms with E-state index in [-0.39, 0.29) is 5.69 Å². The van der Waals surface area contributed by atoms with Gasteiger partial charge in [0.05, 0.1) is 26.3 Å². The van der Waals surface area contributed by atoms with Crippen LogP contribution in [0.3, 0.4) is 0 Å². The maximum atomic E-state index is 13.1. The molecule has 0 saturated heterocycles. The maximum Gasteiger partial charge on any atom is 0.351 e. The predicted octanol–water partition coefficient (Wildman–Crippen LogP) is 3.07. The largest absolute Gasteiger partial charge is 0.493 e. The SMILES string of the molecule is COc1cc2c(cc1OC)n(Cc1cccc(Cl)c1)c(=O)n1nc(C)nc21. The molecule has 7 nitrogen and oxygen atoms in total. The smallest absolute Gasteiger partial charge is 0.351 e. The fourth-order valence-corrected chi connectivity index (χ4v) is 3.39. The quantitative estimate of drug-likeness (QED) is 0.540. The van der Waals surface area contributed by atoms with Gasteiger partial charge in [-0.3, -0.25) is 4.57 Å². The van der Waals surface area contributed by atoms with Crippen molar-refractivity contribution in [1.82, 2.24) is 19.2 Å². The van der Waals surface area contributed by atoms with Crippen LogP contribution in [0.2, 0.25) is 5.02 Å². The number of aromatic nitrogens is 4. The van der Waals surface area contributed by atoms with Crippen LogP contribution in [-0.2, 0) is 6.54 Å². The molecule has 0 aliphatic carbocycles.